The van der Waals surface area contributed by atoms with Crippen molar-refractivity contribution >= 4 is 11.5 Å². The Morgan fingerprint density at radius 2 is 1.58 bits per heavy atom. The molecule has 3 aromatic carbocycles. The lowest BCUT2D eigenvalue weighted by molar-refractivity contribution is 0.0976. The van der Waals surface area contributed by atoms with Gasteiger partial charge in [0.1, 0.15) is 11.6 Å². The molecule has 0 heterocycles. The molecule has 0 aliphatic rings. The van der Waals surface area contributed by atoms with Crippen molar-refractivity contribution in [1.29, 1.82) is 0 Å². The minimum atomic E-state index is -0.291. The predicted molar refractivity (Wildman–Crippen MR) is 134 cm³/mol. The molecule has 174 valence electrons. The summed E-state index contributed by atoms with van der Waals surface area (Å²) < 4.78 is 19.1. The maximum atomic E-state index is 13.4. The highest BCUT2D eigenvalue weighted by atomic mass is 19.1. The second-order valence-electron chi connectivity index (χ2n) is 9.43. The number of halogens is 1. The van der Waals surface area contributed by atoms with Crippen LogP contribution in [-0.4, -0.2) is 12.4 Å². The van der Waals surface area contributed by atoms with E-state index in [1.807, 2.05) is 48.5 Å². The predicted octanol–water partition coefficient (Wildman–Crippen LogP) is 7.73. The average Bonchev–Trinajstić information content (AvgIpc) is 2.80. The Morgan fingerprint density at radius 3 is 2.15 bits per heavy atom. The first-order valence-corrected chi connectivity index (χ1v) is 11.6. The molecule has 0 aliphatic carbocycles. The molecule has 3 nitrogen and oxygen atoms in total. The van der Waals surface area contributed by atoms with Gasteiger partial charge in [-0.05, 0) is 59.4 Å². The number of hydrogen-bond donors (Lipinski definition) is 1. The summed E-state index contributed by atoms with van der Waals surface area (Å²) in [4.78, 5) is 13.2. The Balaban J connectivity index is 1.79. The molecule has 1 unspecified atom stereocenters. The van der Waals surface area contributed by atoms with Crippen molar-refractivity contribution in [2.24, 2.45) is 0 Å². The van der Waals surface area contributed by atoms with Crippen molar-refractivity contribution in [3.63, 3.8) is 0 Å². The van der Waals surface area contributed by atoms with Gasteiger partial charge in [0.2, 0.25) is 0 Å². The molecule has 0 bridgehead atoms. The normalized spacial score (nSPS) is 12.3. The zero-order chi connectivity index (χ0) is 23.8. The van der Waals surface area contributed by atoms with Crippen LogP contribution in [0, 0.1) is 5.82 Å². The van der Waals surface area contributed by atoms with Gasteiger partial charge in [-0.25, -0.2) is 4.39 Å². The van der Waals surface area contributed by atoms with E-state index in [9.17, 15) is 9.18 Å². The summed E-state index contributed by atoms with van der Waals surface area (Å²) in [6, 6.07) is 21.7. The summed E-state index contributed by atoms with van der Waals surface area (Å²) in [5, 5.41) is 3.40. The number of carbonyl (C=O) groups excluding carboxylic acids is 1. The van der Waals surface area contributed by atoms with Crippen LogP contribution in [-0.2, 0) is 5.41 Å². The lowest BCUT2D eigenvalue weighted by Crippen LogP contribution is -2.16. The third kappa shape index (κ3) is 7.18. The van der Waals surface area contributed by atoms with Crippen LogP contribution in [0.25, 0.3) is 0 Å². The highest BCUT2D eigenvalue weighted by molar-refractivity contribution is 5.96. The van der Waals surface area contributed by atoms with Crippen molar-refractivity contribution in [2.45, 2.75) is 58.4 Å². The van der Waals surface area contributed by atoms with Gasteiger partial charge in [-0.15, -0.1) is 0 Å². The Morgan fingerprint density at radius 1 is 0.939 bits per heavy atom. The van der Waals surface area contributed by atoms with Crippen molar-refractivity contribution in [3.05, 3.63) is 95.3 Å². The molecule has 33 heavy (non-hydrogen) atoms. The molecule has 3 rings (SSSR count). The summed E-state index contributed by atoms with van der Waals surface area (Å²) in [5.74, 6) is 0.580. The van der Waals surface area contributed by atoms with E-state index in [2.05, 4.69) is 33.0 Å². The number of benzene rings is 3. The second-order valence-corrected chi connectivity index (χ2v) is 9.43. The highest BCUT2D eigenvalue weighted by Crippen LogP contribution is 2.28. The molecule has 0 amide bonds. The number of hydrogen-bond acceptors (Lipinski definition) is 3. The van der Waals surface area contributed by atoms with Crippen molar-refractivity contribution in [1.82, 2.24) is 0 Å². The minimum absolute atomic E-state index is 0.0369. The number of ketones is 1. The molecule has 0 spiro atoms. The van der Waals surface area contributed by atoms with Gasteiger partial charge in [-0.3, -0.25) is 4.79 Å². The topological polar surface area (TPSA) is 38.3 Å². The largest absolute Gasteiger partial charge is 0.494 e. The first-order valence-electron chi connectivity index (χ1n) is 11.6. The van der Waals surface area contributed by atoms with Crippen LogP contribution in [0.2, 0.25) is 0 Å². The van der Waals surface area contributed by atoms with Crippen LogP contribution in [0.1, 0.15) is 74.5 Å². The van der Waals surface area contributed by atoms with Gasteiger partial charge in [-0.1, -0.05) is 70.5 Å². The Kier molecular flexibility index (Phi) is 8.26. The van der Waals surface area contributed by atoms with Crippen molar-refractivity contribution in [2.75, 3.05) is 11.9 Å². The van der Waals surface area contributed by atoms with Gasteiger partial charge >= 0.3 is 0 Å². The third-order valence-electron chi connectivity index (χ3n) is 5.70. The summed E-state index contributed by atoms with van der Waals surface area (Å²) in [6.45, 7) is 9.29. The van der Waals surface area contributed by atoms with Crippen LogP contribution < -0.4 is 10.1 Å². The molecule has 0 saturated carbocycles. The summed E-state index contributed by atoms with van der Waals surface area (Å²) in [7, 11) is 0. The number of unbranched alkanes of at least 4 members (excludes halogenated alkanes) is 1. The number of nitrogens with one attached hydrogen (secondary N) is 1. The maximum Gasteiger partial charge on any atom is 0.165 e. The molecule has 4 heteroatoms. The van der Waals surface area contributed by atoms with E-state index in [1.165, 1.54) is 17.7 Å². The average molecular weight is 448 g/mol. The van der Waals surface area contributed by atoms with E-state index >= 15 is 0 Å². The number of ether oxygens (including phenoxy) is 1. The molecule has 0 saturated heterocycles. The zero-order valence-electron chi connectivity index (χ0n) is 20.0. The Bertz CT molecular complexity index is 1020. The first-order chi connectivity index (χ1) is 15.8. The summed E-state index contributed by atoms with van der Waals surface area (Å²) in [6.07, 6.45) is 2.38. The second kappa shape index (κ2) is 11.1. The van der Waals surface area contributed by atoms with Crippen molar-refractivity contribution < 1.29 is 13.9 Å². The third-order valence-corrected chi connectivity index (χ3v) is 5.70. The summed E-state index contributed by atoms with van der Waals surface area (Å²) >= 11 is 0. The van der Waals surface area contributed by atoms with E-state index < -0.39 is 0 Å². The monoisotopic (exact) mass is 447 g/mol. The first kappa shape index (κ1) is 24.5. The number of Topliss-reactive ketones (excluding diaryl/α,β-unsaturated/α-hetero) is 1. The van der Waals surface area contributed by atoms with Crippen LogP contribution in [0.3, 0.4) is 0 Å². The SMILES string of the molecule is CCCCOc1ccc(C(CC(=O)c2ccc(C(C)(C)C)cc2)Nc2ccc(F)cc2)cc1. The molecule has 0 aliphatic heterocycles. The Labute approximate surface area is 197 Å². The number of carbonyl (C=O) groups is 1. The van der Waals surface area contributed by atoms with E-state index in [4.69, 9.17) is 4.74 Å². The van der Waals surface area contributed by atoms with Gasteiger partial charge in [0.25, 0.3) is 0 Å². The van der Waals surface area contributed by atoms with E-state index in [0.717, 1.165) is 29.8 Å². The van der Waals surface area contributed by atoms with Gasteiger partial charge in [0.15, 0.2) is 5.78 Å². The van der Waals surface area contributed by atoms with Gasteiger partial charge < -0.3 is 10.1 Å². The van der Waals surface area contributed by atoms with E-state index in [1.54, 1.807) is 12.1 Å². The van der Waals surface area contributed by atoms with Crippen LogP contribution in [0.5, 0.6) is 5.75 Å². The van der Waals surface area contributed by atoms with Gasteiger partial charge in [0.05, 0.1) is 12.6 Å². The fraction of sp³-hybridized carbons (Fsp3) is 0.345. The fourth-order valence-electron chi connectivity index (χ4n) is 3.59. The minimum Gasteiger partial charge on any atom is -0.494 e. The zero-order valence-corrected chi connectivity index (χ0v) is 20.0. The highest BCUT2D eigenvalue weighted by Gasteiger charge is 2.19. The number of anilines is 1. The summed E-state index contributed by atoms with van der Waals surface area (Å²) in [5.41, 5.74) is 3.66. The quantitative estimate of drug-likeness (QED) is 0.255. The van der Waals surface area contributed by atoms with E-state index in [0.29, 0.717) is 12.2 Å². The number of rotatable bonds is 10. The molecular formula is C29H34FNO2. The van der Waals surface area contributed by atoms with Gasteiger partial charge in [0, 0.05) is 17.7 Å². The van der Waals surface area contributed by atoms with Crippen LogP contribution in [0.15, 0.2) is 72.8 Å². The fourth-order valence-corrected chi connectivity index (χ4v) is 3.59. The van der Waals surface area contributed by atoms with Crippen molar-refractivity contribution in [3.8, 4) is 5.75 Å². The smallest absolute Gasteiger partial charge is 0.165 e. The van der Waals surface area contributed by atoms with E-state index in [-0.39, 0.29) is 29.5 Å². The molecule has 0 fully saturated rings. The molecule has 3 aromatic rings. The van der Waals surface area contributed by atoms with Crippen LogP contribution >= 0.6 is 0 Å². The molecule has 0 radical (unpaired) electrons. The molecular weight excluding hydrogens is 413 g/mol. The lowest BCUT2D eigenvalue weighted by Gasteiger charge is -2.21. The Hall–Kier alpha value is -3.14. The molecule has 1 N–H and O–H groups in total. The van der Waals surface area contributed by atoms with Gasteiger partial charge in [-0.2, -0.15) is 0 Å². The standard InChI is InChI=1S/C29H34FNO2/c1-5-6-19-33-26-17-9-21(10-18-26)27(31-25-15-13-24(30)14-16-25)20-28(32)22-7-11-23(12-8-22)29(2,3)4/h7-18,27,31H,5-6,19-20H2,1-4H3. The molecule has 1 atom stereocenters. The van der Waals surface area contributed by atoms with Crippen LogP contribution in [0.4, 0.5) is 10.1 Å². The lowest BCUT2D eigenvalue weighted by atomic mass is 9.86. The maximum absolute atomic E-state index is 13.4. The molecule has 0 aromatic heterocycles.